The molecule has 0 unspecified atom stereocenters. The zero-order valence-corrected chi connectivity index (χ0v) is 18.6. The smallest absolute Gasteiger partial charge is 0.234 e. The lowest BCUT2D eigenvalue weighted by Gasteiger charge is -2.09. The van der Waals surface area contributed by atoms with Gasteiger partial charge in [0.1, 0.15) is 12.2 Å². The van der Waals surface area contributed by atoms with E-state index in [1.165, 1.54) is 22.9 Å². The molecule has 0 bridgehead atoms. The summed E-state index contributed by atoms with van der Waals surface area (Å²) in [5.74, 6) is 1.14. The van der Waals surface area contributed by atoms with Crippen molar-refractivity contribution in [2.45, 2.75) is 32.5 Å². The molecule has 0 spiro atoms. The Labute approximate surface area is 185 Å². The van der Waals surface area contributed by atoms with Crippen molar-refractivity contribution in [2.75, 3.05) is 11.1 Å². The van der Waals surface area contributed by atoms with Gasteiger partial charge in [0.05, 0.1) is 5.75 Å². The summed E-state index contributed by atoms with van der Waals surface area (Å²) in [5, 5.41) is 11.8. The molecule has 8 heteroatoms. The number of anilines is 1. The average molecular weight is 433 g/mol. The summed E-state index contributed by atoms with van der Waals surface area (Å²) in [4.78, 5) is 16.7. The monoisotopic (exact) mass is 432 g/mol. The number of thioether (sulfide) groups is 1. The van der Waals surface area contributed by atoms with E-state index in [9.17, 15) is 4.79 Å². The third-order valence-electron chi connectivity index (χ3n) is 5.13. The summed E-state index contributed by atoms with van der Waals surface area (Å²) in [6.45, 7) is 6.89. The van der Waals surface area contributed by atoms with Crippen molar-refractivity contribution >= 4 is 23.4 Å². The van der Waals surface area contributed by atoms with Crippen LogP contribution in [-0.4, -0.2) is 36.0 Å². The van der Waals surface area contributed by atoms with Gasteiger partial charge in [-0.05, 0) is 61.7 Å². The first-order valence-corrected chi connectivity index (χ1v) is 10.9. The Kier molecular flexibility index (Phi) is 6.18. The van der Waals surface area contributed by atoms with Gasteiger partial charge in [-0.15, -0.1) is 10.2 Å². The second kappa shape index (κ2) is 9.18. The van der Waals surface area contributed by atoms with Gasteiger partial charge in [0, 0.05) is 30.3 Å². The standard InChI is InChI=1S/C23H24N6OS/c1-16-4-9-21(12-17(16)2)29-15-25-27-23(29)31-14-22(30)26-20-7-5-19(6-8-20)13-28-11-10-24-18(28)3/h4-12,15H,13-14H2,1-3H3,(H,26,30). The lowest BCUT2D eigenvalue weighted by atomic mass is 10.1. The van der Waals surface area contributed by atoms with Crippen LogP contribution in [0.3, 0.4) is 0 Å². The fraction of sp³-hybridized carbons (Fsp3) is 0.217. The van der Waals surface area contributed by atoms with Crippen molar-refractivity contribution in [1.82, 2.24) is 24.3 Å². The Bertz CT molecular complexity index is 1200. The minimum Gasteiger partial charge on any atom is -0.331 e. The Morgan fingerprint density at radius 3 is 2.58 bits per heavy atom. The van der Waals surface area contributed by atoms with Crippen molar-refractivity contribution in [3.63, 3.8) is 0 Å². The summed E-state index contributed by atoms with van der Waals surface area (Å²) in [5.41, 5.74) is 5.34. The number of rotatable bonds is 7. The Balaban J connectivity index is 1.34. The molecule has 31 heavy (non-hydrogen) atoms. The summed E-state index contributed by atoms with van der Waals surface area (Å²) in [6, 6.07) is 14.1. The molecule has 2 aromatic carbocycles. The lowest BCUT2D eigenvalue weighted by Crippen LogP contribution is -2.14. The summed E-state index contributed by atoms with van der Waals surface area (Å²) >= 11 is 1.36. The largest absolute Gasteiger partial charge is 0.331 e. The third kappa shape index (κ3) is 5.03. The molecular formula is C23H24N6OS. The summed E-state index contributed by atoms with van der Waals surface area (Å²) in [6.07, 6.45) is 5.42. The number of aromatic nitrogens is 5. The van der Waals surface area contributed by atoms with Crippen molar-refractivity contribution in [2.24, 2.45) is 0 Å². The van der Waals surface area contributed by atoms with Gasteiger partial charge < -0.3 is 9.88 Å². The van der Waals surface area contributed by atoms with E-state index in [0.717, 1.165) is 29.3 Å². The molecular weight excluding hydrogens is 408 g/mol. The number of carbonyl (C=O) groups is 1. The van der Waals surface area contributed by atoms with Gasteiger partial charge >= 0.3 is 0 Å². The van der Waals surface area contributed by atoms with Gasteiger partial charge in [0.25, 0.3) is 0 Å². The van der Waals surface area contributed by atoms with Gasteiger partial charge in [-0.1, -0.05) is 30.0 Å². The first-order valence-electron chi connectivity index (χ1n) is 9.96. The molecule has 0 fully saturated rings. The van der Waals surface area contributed by atoms with E-state index in [1.807, 2.05) is 48.0 Å². The highest BCUT2D eigenvalue weighted by Crippen LogP contribution is 2.22. The van der Waals surface area contributed by atoms with Crippen LogP contribution in [0.2, 0.25) is 0 Å². The molecule has 0 aliphatic carbocycles. The zero-order valence-electron chi connectivity index (χ0n) is 17.7. The molecule has 2 heterocycles. The zero-order chi connectivity index (χ0) is 21.8. The van der Waals surface area contributed by atoms with Crippen LogP contribution in [0.15, 0.2) is 66.3 Å². The number of hydrogen-bond acceptors (Lipinski definition) is 5. The molecule has 1 N–H and O–H groups in total. The fourth-order valence-electron chi connectivity index (χ4n) is 3.16. The first-order chi connectivity index (χ1) is 15.0. The fourth-order valence-corrected chi connectivity index (χ4v) is 3.89. The molecule has 7 nitrogen and oxygen atoms in total. The van der Waals surface area contributed by atoms with Crippen LogP contribution >= 0.6 is 11.8 Å². The second-order valence-electron chi connectivity index (χ2n) is 7.39. The maximum atomic E-state index is 12.4. The second-order valence-corrected chi connectivity index (χ2v) is 8.33. The summed E-state index contributed by atoms with van der Waals surface area (Å²) < 4.78 is 3.98. The number of hydrogen-bond donors (Lipinski definition) is 1. The molecule has 0 aliphatic heterocycles. The highest BCUT2D eigenvalue weighted by Gasteiger charge is 2.11. The first kappa shape index (κ1) is 20.9. The van der Waals surface area contributed by atoms with Crippen LogP contribution in [0, 0.1) is 20.8 Å². The average Bonchev–Trinajstić information content (AvgIpc) is 3.39. The van der Waals surface area contributed by atoms with E-state index in [1.54, 1.807) is 12.5 Å². The van der Waals surface area contributed by atoms with Gasteiger partial charge in [0.15, 0.2) is 5.16 Å². The minimum absolute atomic E-state index is 0.0853. The predicted molar refractivity (Wildman–Crippen MR) is 123 cm³/mol. The molecule has 158 valence electrons. The van der Waals surface area contributed by atoms with Gasteiger partial charge in [-0.2, -0.15) is 0 Å². The summed E-state index contributed by atoms with van der Waals surface area (Å²) in [7, 11) is 0. The van der Waals surface area contributed by atoms with Crippen LogP contribution in [0.5, 0.6) is 0 Å². The van der Waals surface area contributed by atoms with Crippen LogP contribution < -0.4 is 5.32 Å². The molecule has 0 atom stereocenters. The minimum atomic E-state index is -0.0853. The molecule has 0 saturated heterocycles. The quantitative estimate of drug-likeness (QED) is 0.444. The lowest BCUT2D eigenvalue weighted by molar-refractivity contribution is -0.113. The number of nitrogens with one attached hydrogen (secondary N) is 1. The number of nitrogens with zero attached hydrogens (tertiary/aromatic N) is 5. The number of carbonyl (C=O) groups excluding carboxylic acids is 1. The number of amides is 1. The molecule has 0 radical (unpaired) electrons. The van der Waals surface area contributed by atoms with E-state index in [4.69, 9.17) is 0 Å². The van der Waals surface area contributed by atoms with Gasteiger partial charge in [-0.3, -0.25) is 9.36 Å². The van der Waals surface area contributed by atoms with Crippen molar-refractivity contribution in [3.05, 3.63) is 83.7 Å². The molecule has 1 amide bonds. The van der Waals surface area contributed by atoms with Gasteiger partial charge in [0.2, 0.25) is 5.91 Å². The van der Waals surface area contributed by atoms with Crippen LogP contribution in [0.25, 0.3) is 5.69 Å². The highest BCUT2D eigenvalue weighted by atomic mass is 32.2. The van der Waals surface area contributed by atoms with E-state index in [0.29, 0.717) is 5.16 Å². The molecule has 0 saturated carbocycles. The predicted octanol–water partition coefficient (Wildman–Crippen LogP) is 4.17. The van der Waals surface area contributed by atoms with E-state index < -0.39 is 0 Å². The van der Waals surface area contributed by atoms with Crippen LogP contribution in [0.4, 0.5) is 5.69 Å². The molecule has 4 rings (SSSR count). The number of benzene rings is 2. The van der Waals surface area contributed by atoms with Gasteiger partial charge in [-0.25, -0.2) is 4.98 Å². The van der Waals surface area contributed by atoms with E-state index >= 15 is 0 Å². The van der Waals surface area contributed by atoms with Crippen molar-refractivity contribution in [3.8, 4) is 5.69 Å². The molecule has 4 aromatic rings. The Hall–Kier alpha value is -3.39. The normalized spacial score (nSPS) is 10.9. The topological polar surface area (TPSA) is 77.6 Å². The highest BCUT2D eigenvalue weighted by molar-refractivity contribution is 7.99. The third-order valence-corrected chi connectivity index (χ3v) is 6.07. The maximum Gasteiger partial charge on any atom is 0.234 e. The van der Waals surface area contributed by atoms with Crippen LogP contribution in [0.1, 0.15) is 22.5 Å². The van der Waals surface area contributed by atoms with E-state index in [-0.39, 0.29) is 11.7 Å². The Morgan fingerprint density at radius 1 is 1.06 bits per heavy atom. The SMILES string of the molecule is Cc1ccc(-n2cnnc2SCC(=O)Nc2ccc(Cn3ccnc3C)cc2)cc1C. The maximum absolute atomic E-state index is 12.4. The molecule has 0 aliphatic rings. The number of aryl methyl sites for hydroxylation is 3. The van der Waals surface area contributed by atoms with Crippen LogP contribution in [-0.2, 0) is 11.3 Å². The molecule has 2 aromatic heterocycles. The van der Waals surface area contributed by atoms with E-state index in [2.05, 4.69) is 51.0 Å². The van der Waals surface area contributed by atoms with Crippen molar-refractivity contribution < 1.29 is 4.79 Å². The Morgan fingerprint density at radius 2 is 1.87 bits per heavy atom. The number of imidazole rings is 1. The van der Waals surface area contributed by atoms with Crippen molar-refractivity contribution in [1.29, 1.82) is 0 Å².